The van der Waals surface area contributed by atoms with Crippen LogP contribution in [0.1, 0.15) is 24.0 Å². The molecule has 2 heterocycles. The monoisotopic (exact) mass is 345 g/mol. The van der Waals surface area contributed by atoms with Gasteiger partial charge in [0.25, 0.3) is 5.91 Å². The second kappa shape index (κ2) is 7.97. The molecule has 136 valence electrons. The highest BCUT2D eigenvalue weighted by Gasteiger charge is 2.30. The van der Waals surface area contributed by atoms with Gasteiger partial charge in [-0.2, -0.15) is 0 Å². The van der Waals surface area contributed by atoms with Crippen LogP contribution in [-0.4, -0.2) is 67.0 Å². The van der Waals surface area contributed by atoms with Crippen LogP contribution in [0, 0.1) is 13.8 Å². The van der Waals surface area contributed by atoms with Gasteiger partial charge in [-0.25, -0.2) is 0 Å². The summed E-state index contributed by atoms with van der Waals surface area (Å²) in [7, 11) is 0. The van der Waals surface area contributed by atoms with Crippen molar-refractivity contribution in [2.45, 2.75) is 32.8 Å². The third-order valence-electron chi connectivity index (χ3n) is 5.00. The highest BCUT2D eigenvalue weighted by molar-refractivity contribution is 5.93. The summed E-state index contributed by atoms with van der Waals surface area (Å²) in [5, 5.41) is 3.02. The summed E-state index contributed by atoms with van der Waals surface area (Å²) in [6.45, 7) is 7.81. The van der Waals surface area contributed by atoms with E-state index < -0.39 is 0 Å². The first kappa shape index (κ1) is 17.9. The number of hydrogen-bond donors (Lipinski definition) is 1. The number of nitrogens with zero attached hydrogens (tertiary/aromatic N) is 2. The molecule has 1 N–H and O–H groups in total. The minimum atomic E-state index is -0.251. The van der Waals surface area contributed by atoms with E-state index >= 15 is 0 Å². The van der Waals surface area contributed by atoms with Gasteiger partial charge in [0.05, 0.1) is 6.54 Å². The molecule has 0 spiro atoms. The first-order valence-corrected chi connectivity index (χ1v) is 9.03. The molecule has 1 aromatic rings. The number of carbonyl (C=O) groups is 2. The Labute approximate surface area is 149 Å². The molecule has 0 bridgehead atoms. The standard InChI is InChI=1S/C19H27N3O3/c1-14-5-3-6-15(2)18(14)20-17(23)13-21-8-10-22(11-9-21)19(24)16-7-4-12-25-16/h3,5-6,16H,4,7-13H2,1-2H3,(H,20,23). The number of carbonyl (C=O) groups excluding carboxylic acids is 2. The molecule has 3 rings (SSSR count). The molecule has 2 saturated heterocycles. The van der Waals surface area contributed by atoms with E-state index in [1.807, 2.05) is 36.9 Å². The Morgan fingerprint density at radius 2 is 1.84 bits per heavy atom. The zero-order chi connectivity index (χ0) is 17.8. The molecule has 6 nitrogen and oxygen atoms in total. The lowest BCUT2D eigenvalue weighted by molar-refractivity contribution is -0.142. The molecule has 1 unspecified atom stereocenters. The Hall–Kier alpha value is -1.92. The second-order valence-corrected chi connectivity index (χ2v) is 6.92. The van der Waals surface area contributed by atoms with Crippen LogP contribution in [0.2, 0.25) is 0 Å². The lowest BCUT2D eigenvalue weighted by Crippen LogP contribution is -2.52. The topological polar surface area (TPSA) is 61.9 Å². The predicted molar refractivity (Wildman–Crippen MR) is 96.5 cm³/mol. The quantitative estimate of drug-likeness (QED) is 0.900. The highest BCUT2D eigenvalue weighted by atomic mass is 16.5. The summed E-state index contributed by atoms with van der Waals surface area (Å²) < 4.78 is 5.48. The van der Waals surface area contributed by atoms with Gasteiger partial charge in [0.2, 0.25) is 5.91 Å². The minimum Gasteiger partial charge on any atom is -0.368 e. The van der Waals surface area contributed by atoms with E-state index in [2.05, 4.69) is 10.2 Å². The van der Waals surface area contributed by atoms with Crippen LogP contribution in [-0.2, 0) is 14.3 Å². The third-order valence-corrected chi connectivity index (χ3v) is 5.00. The summed E-state index contributed by atoms with van der Waals surface area (Å²) >= 11 is 0. The van der Waals surface area contributed by atoms with E-state index in [4.69, 9.17) is 4.74 Å². The summed E-state index contributed by atoms with van der Waals surface area (Å²) in [4.78, 5) is 28.7. The SMILES string of the molecule is Cc1cccc(C)c1NC(=O)CN1CCN(C(=O)C2CCCO2)CC1. The van der Waals surface area contributed by atoms with Gasteiger partial charge < -0.3 is 15.0 Å². The molecule has 2 aliphatic heterocycles. The van der Waals surface area contributed by atoms with Crippen LogP contribution < -0.4 is 5.32 Å². The smallest absolute Gasteiger partial charge is 0.251 e. The minimum absolute atomic E-state index is 0.00342. The maximum Gasteiger partial charge on any atom is 0.251 e. The average Bonchev–Trinajstić information content (AvgIpc) is 3.13. The van der Waals surface area contributed by atoms with Crippen molar-refractivity contribution in [2.75, 3.05) is 44.6 Å². The number of para-hydroxylation sites is 1. The highest BCUT2D eigenvalue weighted by Crippen LogP contribution is 2.19. The molecule has 6 heteroatoms. The number of hydrogen-bond acceptors (Lipinski definition) is 4. The molecule has 0 radical (unpaired) electrons. The zero-order valence-electron chi connectivity index (χ0n) is 15.1. The fourth-order valence-electron chi connectivity index (χ4n) is 3.50. The number of aryl methyl sites for hydroxylation is 2. The Morgan fingerprint density at radius 3 is 2.44 bits per heavy atom. The predicted octanol–water partition coefficient (Wildman–Crippen LogP) is 1.57. The van der Waals surface area contributed by atoms with Crippen molar-refractivity contribution in [1.29, 1.82) is 0 Å². The number of piperazine rings is 1. The molecule has 0 saturated carbocycles. The molecule has 1 atom stereocenters. The van der Waals surface area contributed by atoms with Crippen LogP contribution in [0.4, 0.5) is 5.69 Å². The second-order valence-electron chi connectivity index (χ2n) is 6.92. The lowest BCUT2D eigenvalue weighted by atomic mass is 10.1. The van der Waals surface area contributed by atoms with Crippen molar-refractivity contribution in [1.82, 2.24) is 9.80 Å². The molecule has 25 heavy (non-hydrogen) atoms. The molecule has 1 aromatic carbocycles. The molecule has 0 aliphatic carbocycles. The van der Waals surface area contributed by atoms with Gasteiger partial charge >= 0.3 is 0 Å². The third kappa shape index (κ3) is 4.38. The Morgan fingerprint density at radius 1 is 1.16 bits per heavy atom. The van der Waals surface area contributed by atoms with Gasteiger partial charge in [-0.15, -0.1) is 0 Å². The molecule has 2 amide bonds. The van der Waals surface area contributed by atoms with E-state index in [0.717, 1.165) is 42.7 Å². The van der Waals surface area contributed by atoms with E-state index in [9.17, 15) is 9.59 Å². The normalized spacial score (nSPS) is 21.4. The van der Waals surface area contributed by atoms with Gasteiger partial charge in [0.15, 0.2) is 0 Å². The van der Waals surface area contributed by atoms with Gasteiger partial charge in [0, 0.05) is 38.5 Å². The maximum absolute atomic E-state index is 12.4. The van der Waals surface area contributed by atoms with Gasteiger partial charge in [-0.05, 0) is 37.8 Å². The molecule has 0 aromatic heterocycles. The summed E-state index contributed by atoms with van der Waals surface area (Å²) in [5.41, 5.74) is 3.04. The molecular weight excluding hydrogens is 318 g/mol. The van der Waals surface area contributed by atoms with Crippen LogP contribution in [0.3, 0.4) is 0 Å². The van der Waals surface area contributed by atoms with Crippen molar-refractivity contribution in [3.63, 3.8) is 0 Å². The van der Waals surface area contributed by atoms with Crippen molar-refractivity contribution >= 4 is 17.5 Å². The fourth-order valence-corrected chi connectivity index (χ4v) is 3.50. The van der Waals surface area contributed by atoms with E-state index in [-0.39, 0.29) is 17.9 Å². The number of nitrogens with one attached hydrogen (secondary N) is 1. The molecular formula is C19H27N3O3. The number of rotatable bonds is 4. The van der Waals surface area contributed by atoms with Crippen LogP contribution in [0.5, 0.6) is 0 Å². The Balaban J connectivity index is 1.47. The van der Waals surface area contributed by atoms with Crippen LogP contribution in [0.25, 0.3) is 0 Å². The largest absolute Gasteiger partial charge is 0.368 e. The number of benzene rings is 1. The summed E-state index contributed by atoms with van der Waals surface area (Å²) in [6, 6.07) is 5.99. The van der Waals surface area contributed by atoms with Gasteiger partial charge in [-0.3, -0.25) is 14.5 Å². The maximum atomic E-state index is 12.4. The fraction of sp³-hybridized carbons (Fsp3) is 0.579. The van der Waals surface area contributed by atoms with Gasteiger partial charge in [-0.1, -0.05) is 18.2 Å². The van der Waals surface area contributed by atoms with Gasteiger partial charge in [0.1, 0.15) is 6.10 Å². The van der Waals surface area contributed by atoms with Crippen LogP contribution in [0.15, 0.2) is 18.2 Å². The Bertz CT molecular complexity index is 613. The zero-order valence-corrected chi connectivity index (χ0v) is 15.1. The first-order valence-electron chi connectivity index (χ1n) is 9.03. The summed E-state index contributed by atoms with van der Waals surface area (Å²) in [6.07, 6.45) is 1.55. The van der Waals surface area contributed by atoms with Crippen molar-refractivity contribution in [3.05, 3.63) is 29.3 Å². The van der Waals surface area contributed by atoms with E-state index in [1.165, 1.54) is 0 Å². The van der Waals surface area contributed by atoms with Crippen LogP contribution >= 0.6 is 0 Å². The van der Waals surface area contributed by atoms with Crippen molar-refractivity contribution < 1.29 is 14.3 Å². The Kier molecular flexibility index (Phi) is 5.71. The van der Waals surface area contributed by atoms with E-state index in [0.29, 0.717) is 26.2 Å². The summed E-state index contributed by atoms with van der Waals surface area (Å²) in [5.74, 6) is 0.105. The number of amides is 2. The lowest BCUT2D eigenvalue weighted by Gasteiger charge is -2.35. The van der Waals surface area contributed by atoms with Crippen molar-refractivity contribution in [2.24, 2.45) is 0 Å². The first-order chi connectivity index (χ1) is 12.0. The molecule has 2 aliphatic rings. The molecule has 2 fully saturated rings. The number of anilines is 1. The van der Waals surface area contributed by atoms with Crippen molar-refractivity contribution in [3.8, 4) is 0 Å². The number of ether oxygens (including phenoxy) is 1. The van der Waals surface area contributed by atoms with E-state index in [1.54, 1.807) is 0 Å². The average molecular weight is 345 g/mol.